The van der Waals surface area contributed by atoms with Gasteiger partial charge in [-0.3, -0.25) is 14.8 Å². The van der Waals surface area contributed by atoms with E-state index in [1.165, 1.54) is 4.68 Å². The van der Waals surface area contributed by atoms with E-state index in [0.29, 0.717) is 17.0 Å². The number of aryl methyl sites for hydroxylation is 1. The number of benzene rings is 1. The van der Waals surface area contributed by atoms with Gasteiger partial charge in [-0.1, -0.05) is 12.1 Å². The summed E-state index contributed by atoms with van der Waals surface area (Å²) in [5, 5.41) is 16.4. The molecule has 1 aromatic carbocycles. The summed E-state index contributed by atoms with van der Waals surface area (Å²) in [7, 11) is 0. The predicted octanol–water partition coefficient (Wildman–Crippen LogP) is 2.58. The van der Waals surface area contributed by atoms with Gasteiger partial charge in [0.25, 0.3) is 5.56 Å². The van der Waals surface area contributed by atoms with Crippen LogP contribution in [0.1, 0.15) is 31.1 Å². The third-order valence-corrected chi connectivity index (χ3v) is 4.94. The van der Waals surface area contributed by atoms with Gasteiger partial charge in [-0.2, -0.15) is 10.2 Å². The molecule has 28 heavy (non-hydrogen) atoms. The Morgan fingerprint density at radius 1 is 1.21 bits per heavy atom. The Morgan fingerprint density at radius 2 is 2.00 bits per heavy atom. The molecule has 0 saturated carbocycles. The van der Waals surface area contributed by atoms with Crippen LogP contribution in [0.4, 0.5) is 11.6 Å². The Bertz CT molecular complexity index is 1030. The van der Waals surface area contributed by atoms with E-state index in [2.05, 4.69) is 31.6 Å². The number of ether oxygens (including phenoxy) is 1. The smallest absolute Gasteiger partial charge is 0.275 e. The van der Waals surface area contributed by atoms with Crippen LogP contribution in [0.5, 0.6) is 0 Å². The van der Waals surface area contributed by atoms with E-state index < -0.39 is 0 Å². The molecule has 1 aliphatic rings. The number of nitrogens with one attached hydrogen (secondary N) is 2. The molecule has 0 bridgehead atoms. The number of H-pyrrole nitrogens is 1. The van der Waals surface area contributed by atoms with E-state index in [0.717, 1.165) is 49.5 Å². The second-order valence-electron chi connectivity index (χ2n) is 7.52. The van der Waals surface area contributed by atoms with Crippen molar-refractivity contribution in [1.29, 1.82) is 0 Å². The molecule has 2 N–H and O–H groups in total. The first kappa shape index (κ1) is 18.6. The SMILES string of the molecule is Cc1cc(Nc2nn(C(C)C)c(=O)c3cc(CN4CCOCC4)ccc23)n[nH]1. The number of hydrogen-bond acceptors (Lipinski definition) is 6. The first-order valence-electron chi connectivity index (χ1n) is 9.66. The molecule has 1 fully saturated rings. The Balaban J connectivity index is 1.75. The monoisotopic (exact) mass is 382 g/mol. The zero-order valence-corrected chi connectivity index (χ0v) is 16.5. The fraction of sp³-hybridized carbons (Fsp3) is 0.450. The number of anilines is 2. The van der Waals surface area contributed by atoms with Gasteiger partial charge in [-0.25, -0.2) is 4.68 Å². The van der Waals surface area contributed by atoms with Crippen LogP contribution < -0.4 is 10.9 Å². The fourth-order valence-electron chi connectivity index (χ4n) is 3.47. The van der Waals surface area contributed by atoms with E-state index in [1.807, 2.05) is 39.0 Å². The highest BCUT2D eigenvalue weighted by molar-refractivity contribution is 5.92. The first-order chi connectivity index (χ1) is 13.5. The molecule has 0 spiro atoms. The van der Waals surface area contributed by atoms with Crippen LogP contribution in [-0.4, -0.2) is 51.2 Å². The van der Waals surface area contributed by atoms with Gasteiger partial charge < -0.3 is 10.1 Å². The van der Waals surface area contributed by atoms with Crippen LogP contribution in [0.2, 0.25) is 0 Å². The summed E-state index contributed by atoms with van der Waals surface area (Å²) in [6.07, 6.45) is 0. The molecule has 8 nitrogen and oxygen atoms in total. The van der Waals surface area contributed by atoms with Crippen LogP contribution >= 0.6 is 0 Å². The number of aromatic nitrogens is 4. The van der Waals surface area contributed by atoms with Gasteiger partial charge in [0.1, 0.15) is 0 Å². The maximum atomic E-state index is 13.0. The zero-order valence-electron chi connectivity index (χ0n) is 16.5. The van der Waals surface area contributed by atoms with E-state index in [4.69, 9.17) is 4.74 Å². The molecule has 0 aliphatic carbocycles. The van der Waals surface area contributed by atoms with Gasteiger partial charge in [0, 0.05) is 36.8 Å². The summed E-state index contributed by atoms with van der Waals surface area (Å²) in [5.41, 5.74) is 2.00. The van der Waals surface area contributed by atoms with Crippen molar-refractivity contribution >= 4 is 22.4 Å². The minimum Gasteiger partial charge on any atom is -0.379 e. The number of rotatable bonds is 5. The lowest BCUT2D eigenvalue weighted by Crippen LogP contribution is -2.35. The minimum absolute atomic E-state index is 0.0405. The fourth-order valence-corrected chi connectivity index (χ4v) is 3.47. The van der Waals surface area contributed by atoms with E-state index in [1.54, 1.807) is 0 Å². The highest BCUT2D eigenvalue weighted by Crippen LogP contribution is 2.24. The molecule has 3 heterocycles. The highest BCUT2D eigenvalue weighted by Gasteiger charge is 2.16. The summed E-state index contributed by atoms with van der Waals surface area (Å²) in [4.78, 5) is 15.4. The van der Waals surface area contributed by atoms with Gasteiger partial charge in [-0.05, 0) is 32.4 Å². The number of aromatic amines is 1. The van der Waals surface area contributed by atoms with Gasteiger partial charge >= 0.3 is 0 Å². The van der Waals surface area contributed by atoms with Gasteiger partial charge in [0.15, 0.2) is 11.6 Å². The molecule has 0 unspecified atom stereocenters. The van der Waals surface area contributed by atoms with Crippen LogP contribution in [0.15, 0.2) is 29.1 Å². The number of nitrogens with zero attached hydrogens (tertiary/aromatic N) is 4. The van der Waals surface area contributed by atoms with Crippen molar-refractivity contribution in [2.24, 2.45) is 0 Å². The normalized spacial score (nSPS) is 15.4. The van der Waals surface area contributed by atoms with Gasteiger partial charge in [0.05, 0.1) is 24.6 Å². The van der Waals surface area contributed by atoms with Crippen molar-refractivity contribution in [3.8, 4) is 0 Å². The van der Waals surface area contributed by atoms with Crippen LogP contribution in [0.25, 0.3) is 10.8 Å². The van der Waals surface area contributed by atoms with Crippen molar-refractivity contribution in [2.75, 3.05) is 31.6 Å². The van der Waals surface area contributed by atoms with Gasteiger partial charge in [-0.15, -0.1) is 0 Å². The molecule has 0 amide bonds. The minimum atomic E-state index is -0.0717. The van der Waals surface area contributed by atoms with Crippen molar-refractivity contribution in [1.82, 2.24) is 24.9 Å². The lowest BCUT2D eigenvalue weighted by molar-refractivity contribution is 0.0342. The first-order valence-corrected chi connectivity index (χ1v) is 9.66. The number of hydrogen-bond donors (Lipinski definition) is 2. The lowest BCUT2D eigenvalue weighted by atomic mass is 10.1. The standard InChI is InChI=1S/C20H26N6O2/c1-13(2)26-20(27)17-11-15(12-25-6-8-28-9-7-25)4-5-16(17)19(24-26)21-18-10-14(3)22-23-18/h4-5,10-11,13H,6-9,12H2,1-3H3,(H2,21,22,23,24). The van der Waals surface area contributed by atoms with Crippen molar-refractivity contribution in [2.45, 2.75) is 33.4 Å². The maximum Gasteiger partial charge on any atom is 0.275 e. The average Bonchev–Trinajstić information content (AvgIpc) is 3.09. The summed E-state index contributed by atoms with van der Waals surface area (Å²) in [6, 6.07) is 7.91. The van der Waals surface area contributed by atoms with Gasteiger partial charge in [0.2, 0.25) is 0 Å². The molecular weight excluding hydrogens is 356 g/mol. The third-order valence-electron chi connectivity index (χ3n) is 4.94. The Morgan fingerprint density at radius 3 is 2.68 bits per heavy atom. The Hall–Kier alpha value is -2.71. The Labute approximate surface area is 163 Å². The summed E-state index contributed by atoms with van der Waals surface area (Å²) in [5.74, 6) is 1.31. The molecule has 1 aliphatic heterocycles. The summed E-state index contributed by atoms with van der Waals surface area (Å²) < 4.78 is 6.95. The van der Waals surface area contributed by atoms with Crippen molar-refractivity contribution < 1.29 is 4.74 Å². The molecule has 148 valence electrons. The second-order valence-corrected chi connectivity index (χ2v) is 7.52. The number of fused-ring (bicyclic) bond motifs is 1. The summed E-state index contributed by atoms with van der Waals surface area (Å²) in [6.45, 7) is 10.0. The molecule has 2 aromatic heterocycles. The van der Waals surface area contributed by atoms with Crippen LogP contribution in [-0.2, 0) is 11.3 Å². The third kappa shape index (κ3) is 3.79. The van der Waals surface area contributed by atoms with Crippen LogP contribution in [0.3, 0.4) is 0 Å². The van der Waals surface area contributed by atoms with Crippen molar-refractivity contribution in [3.05, 3.63) is 45.9 Å². The zero-order chi connectivity index (χ0) is 19.7. The average molecular weight is 382 g/mol. The summed E-state index contributed by atoms with van der Waals surface area (Å²) >= 11 is 0. The van der Waals surface area contributed by atoms with E-state index >= 15 is 0 Å². The quantitative estimate of drug-likeness (QED) is 0.705. The van der Waals surface area contributed by atoms with E-state index in [9.17, 15) is 4.79 Å². The van der Waals surface area contributed by atoms with Crippen molar-refractivity contribution in [3.63, 3.8) is 0 Å². The van der Waals surface area contributed by atoms with E-state index in [-0.39, 0.29) is 11.6 Å². The van der Waals surface area contributed by atoms with Crippen LogP contribution in [0, 0.1) is 6.92 Å². The largest absolute Gasteiger partial charge is 0.379 e. The topological polar surface area (TPSA) is 88.1 Å². The predicted molar refractivity (Wildman–Crippen MR) is 109 cm³/mol. The molecule has 8 heteroatoms. The maximum absolute atomic E-state index is 13.0. The Kier molecular flexibility index (Phi) is 5.15. The highest BCUT2D eigenvalue weighted by atomic mass is 16.5. The molecule has 4 rings (SSSR count). The second kappa shape index (κ2) is 7.73. The molecule has 0 radical (unpaired) electrons. The molecule has 1 saturated heterocycles. The number of morpholine rings is 1. The molecule has 3 aromatic rings. The molecule has 0 atom stereocenters. The molecular formula is C20H26N6O2. The lowest BCUT2D eigenvalue weighted by Gasteiger charge is -2.26.